The second-order valence-corrected chi connectivity index (χ2v) is 3.82. The summed E-state index contributed by atoms with van der Waals surface area (Å²) in [5, 5.41) is 9.51. The normalized spacial score (nSPS) is 12.8. The first-order valence-corrected chi connectivity index (χ1v) is 4.45. The summed E-state index contributed by atoms with van der Waals surface area (Å²) in [5.41, 5.74) is 5.96. The van der Waals surface area contributed by atoms with Crippen molar-refractivity contribution >= 4 is 17.4 Å². The zero-order chi connectivity index (χ0) is 8.97. The van der Waals surface area contributed by atoms with Crippen molar-refractivity contribution in [3.8, 4) is 0 Å². The number of nitrogen functional groups attached to an aromatic ring is 1. The fraction of sp³-hybridized carbons (Fsp3) is 0.429. The second kappa shape index (κ2) is 4.27. The summed E-state index contributed by atoms with van der Waals surface area (Å²) in [4.78, 5) is 7.96. The van der Waals surface area contributed by atoms with E-state index in [2.05, 4.69) is 9.97 Å². The van der Waals surface area contributed by atoms with Crippen LogP contribution in [0.5, 0.6) is 0 Å². The van der Waals surface area contributed by atoms with Gasteiger partial charge >= 0.3 is 0 Å². The Bertz CT molecular complexity index is 239. The summed E-state index contributed by atoms with van der Waals surface area (Å²) in [7, 11) is 0. The SMILES string of the molecule is CC(CO)Sc1ncc(N)cn1. The van der Waals surface area contributed by atoms with Gasteiger partial charge in [-0.3, -0.25) is 0 Å². The quantitative estimate of drug-likeness (QED) is 0.531. The molecule has 0 spiro atoms. The molecular formula is C7H11N3OS. The summed E-state index contributed by atoms with van der Waals surface area (Å²) in [6.45, 7) is 2.03. The predicted octanol–water partition coefficient (Wildman–Crippen LogP) is 0.532. The minimum Gasteiger partial charge on any atom is -0.396 e. The molecule has 1 aromatic heterocycles. The van der Waals surface area contributed by atoms with Crippen LogP contribution in [0.3, 0.4) is 0 Å². The summed E-state index contributed by atoms with van der Waals surface area (Å²) in [5.74, 6) is 0. The highest BCUT2D eigenvalue weighted by molar-refractivity contribution is 7.99. The lowest BCUT2D eigenvalue weighted by Gasteiger charge is -2.04. The molecule has 5 heteroatoms. The van der Waals surface area contributed by atoms with Gasteiger partial charge in [0, 0.05) is 5.25 Å². The molecule has 4 nitrogen and oxygen atoms in total. The second-order valence-electron chi connectivity index (χ2n) is 2.41. The van der Waals surface area contributed by atoms with Crippen molar-refractivity contribution in [1.82, 2.24) is 9.97 Å². The molecule has 1 unspecified atom stereocenters. The van der Waals surface area contributed by atoms with Crippen LogP contribution in [0, 0.1) is 0 Å². The molecule has 0 fully saturated rings. The van der Waals surface area contributed by atoms with E-state index in [9.17, 15) is 0 Å². The van der Waals surface area contributed by atoms with Crippen molar-refractivity contribution in [2.75, 3.05) is 12.3 Å². The largest absolute Gasteiger partial charge is 0.396 e. The molecule has 0 saturated heterocycles. The van der Waals surface area contributed by atoms with Crippen LogP contribution in [0.2, 0.25) is 0 Å². The molecule has 3 N–H and O–H groups in total. The predicted molar refractivity (Wildman–Crippen MR) is 48.8 cm³/mol. The molecule has 1 heterocycles. The molecule has 12 heavy (non-hydrogen) atoms. The number of thioether (sulfide) groups is 1. The Hall–Kier alpha value is -0.810. The van der Waals surface area contributed by atoms with E-state index >= 15 is 0 Å². The van der Waals surface area contributed by atoms with Crippen LogP contribution in [0.25, 0.3) is 0 Å². The number of hydrogen-bond acceptors (Lipinski definition) is 5. The van der Waals surface area contributed by atoms with Crippen LogP contribution in [0.4, 0.5) is 5.69 Å². The topological polar surface area (TPSA) is 72.0 Å². The number of nitrogens with two attached hydrogens (primary N) is 1. The third-order valence-corrected chi connectivity index (χ3v) is 2.18. The molecule has 0 saturated carbocycles. The van der Waals surface area contributed by atoms with E-state index in [-0.39, 0.29) is 11.9 Å². The fourth-order valence-electron chi connectivity index (χ4n) is 0.604. The van der Waals surface area contributed by atoms with Crippen molar-refractivity contribution in [3.63, 3.8) is 0 Å². The first kappa shape index (κ1) is 9.28. The summed E-state index contributed by atoms with van der Waals surface area (Å²) in [6, 6.07) is 0. The van der Waals surface area contributed by atoms with E-state index in [4.69, 9.17) is 10.8 Å². The van der Waals surface area contributed by atoms with Gasteiger partial charge in [-0.2, -0.15) is 0 Å². The van der Waals surface area contributed by atoms with Gasteiger partial charge in [-0.05, 0) is 0 Å². The van der Waals surface area contributed by atoms with Gasteiger partial charge < -0.3 is 10.8 Å². The minimum absolute atomic E-state index is 0.119. The molecular weight excluding hydrogens is 174 g/mol. The monoisotopic (exact) mass is 185 g/mol. The van der Waals surface area contributed by atoms with Crippen molar-refractivity contribution in [2.24, 2.45) is 0 Å². The van der Waals surface area contributed by atoms with E-state index in [0.717, 1.165) is 0 Å². The van der Waals surface area contributed by atoms with Gasteiger partial charge in [0.05, 0.1) is 24.7 Å². The van der Waals surface area contributed by atoms with Gasteiger partial charge in [0.1, 0.15) is 0 Å². The Morgan fingerprint density at radius 2 is 2.17 bits per heavy atom. The number of hydrogen-bond donors (Lipinski definition) is 2. The number of aliphatic hydroxyl groups is 1. The van der Waals surface area contributed by atoms with Crippen molar-refractivity contribution in [3.05, 3.63) is 12.4 Å². The van der Waals surface area contributed by atoms with E-state index in [1.807, 2.05) is 6.92 Å². The molecule has 66 valence electrons. The number of anilines is 1. The maximum absolute atomic E-state index is 8.75. The van der Waals surface area contributed by atoms with Crippen LogP contribution < -0.4 is 5.73 Å². The number of nitrogens with zero attached hydrogens (tertiary/aromatic N) is 2. The Morgan fingerprint density at radius 1 is 1.58 bits per heavy atom. The molecule has 0 amide bonds. The molecule has 1 atom stereocenters. The lowest BCUT2D eigenvalue weighted by atomic mass is 10.5. The first-order valence-electron chi connectivity index (χ1n) is 3.57. The van der Waals surface area contributed by atoms with Crippen LogP contribution in [-0.4, -0.2) is 26.9 Å². The van der Waals surface area contributed by atoms with Gasteiger partial charge in [-0.1, -0.05) is 18.7 Å². The van der Waals surface area contributed by atoms with E-state index in [1.165, 1.54) is 11.8 Å². The Labute approximate surface area is 75.2 Å². The molecule has 0 aliphatic carbocycles. The average molecular weight is 185 g/mol. The molecule has 0 aliphatic rings. The Balaban J connectivity index is 2.58. The summed E-state index contributed by atoms with van der Waals surface area (Å²) in [6.07, 6.45) is 3.11. The maximum Gasteiger partial charge on any atom is 0.187 e. The number of aromatic nitrogens is 2. The highest BCUT2D eigenvalue weighted by atomic mass is 32.2. The minimum atomic E-state index is 0.119. The Kier molecular flexibility index (Phi) is 3.31. The lowest BCUT2D eigenvalue weighted by molar-refractivity contribution is 0.300. The van der Waals surface area contributed by atoms with Crippen LogP contribution >= 0.6 is 11.8 Å². The van der Waals surface area contributed by atoms with Crippen LogP contribution in [-0.2, 0) is 0 Å². The number of aliphatic hydroxyl groups excluding tert-OH is 1. The third-order valence-electron chi connectivity index (χ3n) is 1.21. The molecule has 0 radical (unpaired) electrons. The smallest absolute Gasteiger partial charge is 0.187 e. The molecule has 1 aromatic rings. The van der Waals surface area contributed by atoms with Gasteiger partial charge in [-0.15, -0.1) is 0 Å². The van der Waals surface area contributed by atoms with Crippen LogP contribution in [0.15, 0.2) is 17.6 Å². The van der Waals surface area contributed by atoms with Crippen molar-refractivity contribution < 1.29 is 5.11 Å². The van der Waals surface area contributed by atoms with Gasteiger partial charge in [0.25, 0.3) is 0 Å². The molecule has 0 bridgehead atoms. The molecule has 0 aromatic carbocycles. The van der Waals surface area contributed by atoms with Crippen molar-refractivity contribution in [2.45, 2.75) is 17.3 Å². The van der Waals surface area contributed by atoms with E-state index in [0.29, 0.717) is 10.8 Å². The van der Waals surface area contributed by atoms with Gasteiger partial charge in [-0.25, -0.2) is 9.97 Å². The highest BCUT2D eigenvalue weighted by Gasteiger charge is 2.03. The molecule has 0 aliphatic heterocycles. The standard InChI is InChI=1S/C7H11N3OS/c1-5(4-11)12-7-9-2-6(8)3-10-7/h2-3,5,11H,4,8H2,1H3. The summed E-state index contributed by atoms with van der Waals surface area (Å²) >= 11 is 1.42. The Morgan fingerprint density at radius 3 is 2.67 bits per heavy atom. The number of rotatable bonds is 3. The average Bonchev–Trinajstić information content (AvgIpc) is 2.09. The van der Waals surface area contributed by atoms with E-state index < -0.39 is 0 Å². The maximum atomic E-state index is 8.75. The van der Waals surface area contributed by atoms with Gasteiger partial charge in [0.15, 0.2) is 5.16 Å². The van der Waals surface area contributed by atoms with Crippen LogP contribution in [0.1, 0.15) is 6.92 Å². The molecule has 1 rings (SSSR count). The fourth-order valence-corrected chi connectivity index (χ4v) is 1.27. The third kappa shape index (κ3) is 2.67. The zero-order valence-electron chi connectivity index (χ0n) is 6.77. The van der Waals surface area contributed by atoms with E-state index in [1.54, 1.807) is 12.4 Å². The lowest BCUT2D eigenvalue weighted by Crippen LogP contribution is -2.03. The zero-order valence-corrected chi connectivity index (χ0v) is 7.58. The first-order chi connectivity index (χ1) is 5.72. The summed E-state index contributed by atoms with van der Waals surface area (Å²) < 4.78 is 0. The van der Waals surface area contributed by atoms with Gasteiger partial charge in [0.2, 0.25) is 0 Å². The van der Waals surface area contributed by atoms with Crippen molar-refractivity contribution in [1.29, 1.82) is 0 Å². The highest BCUT2D eigenvalue weighted by Crippen LogP contribution is 2.17.